The Kier molecular flexibility index (Phi) is 3.44. The number of halogens is 2. The van der Waals surface area contributed by atoms with Crippen LogP contribution in [-0.2, 0) is 0 Å². The summed E-state index contributed by atoms with van der Waals surface area (Å²) in [7, 11) is 0. The molecule has 1 aromatic heterocycles. The van der Waals surface area contributed by atoms with Crippen molar-refractivity contribution in [3.63, 3.8) is 0 Å². The third-order valence-electron chi connectivity index (χ3n) is 3.43. The zero-order valence-electron chi connectivity index (χ0n) is 11.9. The summed E-state index contributed by atoms with van der Waals surface area (Å²) in [4.78, 5) is 23.9. The second-order valence-corrected chi connectivity index (χ2v) is 5.06. The zero-order valence-corrected chi connectivity index (χ0v) is 11.9. The molecule has 0 atom stereocenters. The Labute approximate surface area is 128 Å². The van der Waals surface area contributed by atoms with Gasteiger partial charge in [-0.05, 0) is 37.3 Å². The quantitative estimate of drug-likeness (QED) is 0.782. The van der Waals surface area contributed by atoms with Crippen LogP contribution in [0.25, 0.3) is 22.3 Å². The molecule has 0 aliphatic heterocycles. The molecule has 0 radical (unpaired) electrons. The predicted molar refractivity (Wildman–Crippen MR) is 79.5 cm³/mol. The van der Waals surface area contributed by atoms with Crippen LogP contribution in [0.4, 0.5) is 8.78 Å². The van der Waals surface area contributed by atoms with Crippen LogP contribution in [0, 0.1) is 18.6 Å². The maximum atomic E-state index is 14.0. The second kappa shape index (κ2) is 5.31. The fourth-order valence-corrected chi connectivity index (χ4v) is 2.36. The molecule has 0 aliphatic rings. The lowest BCUT2D eigenvalue weighted by atomic mass is 10.0. The molecule has 0 aliphatic carbocycles. The lowest BCUT2D eigenvalue weighted by molar-refractivity contribution is 0.0694. The topological polar surface area (TPSA) is 67.5 Å². The van der Waals surface area contributed by atoms with Crippen LogP contribution in [0.15, 0.2) is 45.6 Å². The maximum absolute atomic E-state index is 14.0. The van der Waals surface area contributed by atoms with E-state index in [0.717, 1.165) is 23.8 Å². The van der Waals surface area contributed by atoms with Gasteiger partial charge in [0.15, 0.2) is 11.3 Å². The van der Waals surface area contributed by atoms with Gasteiger partial charge in [-0.3, -0.25) is 4.79 Å². The fraction of sp³-hybridized carbons (Fsp3) is 0.0588. The van der Waals surface area contributed by atoms with Gasteiger partial charge in [0, 0.05) is 0 Å². The minimum atomic E-state index is -1.57. The van der Waals surface area contributed by atoms with Crippen LogP contribution < -0.4 is 5.43 Å². The molecule has 1 heterocycles. The number of fused-ring (bicyclic) bond motifs is 1. The summed E-state index contributed by atoms with van der Waals surface area (Å²) >= 11 is 0. The first-order valence-electron chi connectivity index (χ1n) is 6.64. The molecule has 0 amide bonds. The lowest BCUT2D eigenvalue weighted by Crippen LogP contribution is -2.17. The first-order valence-corrected chi connectivity index (χ1v) is 6.64. The Hall–Kier alpha value is -3.02. The van der Waals surface area contributed by atoms with Gasteiger partial charge < -0.3 is 9.52 Å². The third-order valence-corrected chi connectivity index (χ3v) is 3.43. The van der Waals surface area contributed by atoms with E-state index in [-0.39, 0.29) is 11.0 Å². The second-order valence-electron chi connectivity index (χ2n) is 5.06. The van der Waals surface area contributed by atoms with Crippen molar-refractivity contribution in [3.8, 4) is 11.3 Å². The number of benzene rings is 2. The Balaban J connectivity index is 2.47. The summed E-state index contributed by atoms with van der Waals surface area (Å²) in [5.74, 6) is -3.73. The van der Waals surface area contributed by atoms with Crippen LogP contribution in [0.3, 0.4) is 0 Å². The third kappa shape index (κ3) is 2.48. The summed E-state index contributed by atoms with van der Waals surface area (Å²) < 4.78 is 32.8. The van der Waals surface area contributed by atoms with Gasteiger partial charge >= 0.3 is 5.97 Å². The number of hydrogen-bond acceptors (Lipinski definition) is 3. The SMILES string of the molecule is Cc1ccc2oc(-c3cc(F)ccc3F)c(C(=O)O)c(=O)c2c1. The van der Waals surface area contributed by atoms with Crippen molar-refractivity contribution in [2.75, 3.05) is 0 Å². The van der Waals surface area contributed by atoms with Gasteiger partial charge in [-0.2, -0.15) is 0 Å². The maximum Gasteiger partial charge on any atom is 0.343 e. The van der Waals surface area contributed by atoms with Gasteiger partial charge in [-0.25, -0.2) is 13.6 Å². The number of rotatable bonds is 2. The monoisotopic (exact) mass is 316 g/mol. The van der Waals surface area contributed by atoms with Crippen molar-refractivity contribution in [2.24, 2.45) is 0 Å². The van der Waals surface area contributed by atoms with Gasteiger partial charge in [0.1, 0.15) is 17.2 Å². The van der Waals surface area contributed by atoms with E-state index in [2.05, 4.69) is 0 Å². The molecule has 23 heavy (non-hydrogen) atoms. The van der Waals surface area contributed by atoms with Crippen LogP contribution in [0.1, 0.15) is 15.9 Å². The first-order chi connectivity index (χ1) is 10.9. The molecule has 0 saturated carbocycles. The Bertz CT molecular complexity index is 1010. The van der Waals surface area contributed by atoms with E-state index in [1.165, 1.54) is 12.1 Å². The molecule has 116 valence electrons. The van der Waals surface area contributed by atoms with Gasteiger partial charge in [0.2, 0.25) is 5.43 Å². The van der Waals surface area contributed by atoms with Gasteiger partial charge in [0.25, 0.3) is 0 Å². The van der Waals surface area contributed by atoms with Crippen molar-refractivity contribution in [1.29, 1.82) is 0 Å². The molecular formula is C17H10F2O4. The summed E-state index contributed by atoms with van der Waals surface area (Å²) in [5.41, 5.74) is -1.11. The standard InChI is InChI=1S/C17H10F2O4/c1-8-2-5-13-11(6-8)15(20)14(17(21)22)16(23-13)10-7-9(18)3-4-12(10)19/h2-7H,1H3,(H,21,22). The van der Waals surface area contributed by atoms with E-state index in [0.29, 0.717) is 0 Å². The molecule has 0 unspecified atom stereocenters. The largest absolute Gasteiger partial charge is 0.477 e. The lowest BCUT2D eigenvalue weighted by Gasteiger charge is -2.09. The van der Waals surface area contributed by atoms with E-state index < -0.39 is 39.9 Å². The van der Waals surface area contributed by atoms with E-state index in [1.807, 2.05) is 0 Å². The summed E-state index contributed by atoms with van der Waals surface area (Å²) in [6, 6.07) is 7.16. The minimum Gasteiger partial charge on any atom is -0.477 e. The number of hydrogen-bond donors (Lipinski definition) is 1. The number of carbonyl (C=O) groups is 1. The molecular weight excluding hydrogens is 306 g/mol. The highest BCUT2D eigenvalue weighted by atomic mass is 19.1. The van der Waals surface area contributed by atoms with Crippen molar-refractivity contribution in [3.05, 3.63) is 69.4 Å². The predicted octanol–water partition coefficient (Wildman–Crippen LogP) is 3.74. The average Bonchev–Trinajstić information content (AvgIpc) is 2.49. The molecule has 0 fully saturated rings. The average molecular weight is 316 g/mol. The zero-order chi connectivity index (χ0) is 16.7. The molecule has 6 heteroatoms. The number of carboxylic acid groups (broad SMARTS) is 1. The Morgan fingerprint density at radius 2 is 1.87 bits per heavy atom. The van der Waals surface area contributed by atoms with Crippen molar-refractivity contribution >= 4 is 16.9 Å². The molecule has 1 N–H and O–H groups in total. The van der Waals surface area contributed by atoms with Gasteiger partial charge in [-0.1, -0.05) is 11.6 Å². The smallest absolute Gasteiger partial charge is 0.343 e. The normalized spacial score (nSPS) is 10.9. The number of carboxylic acids is 1. The van der Waals surface area contributed by atoms with E-state index in [4.69, 9.17) is 4.42 Å². The highest BCUT2D eigenvalue weighted by Gasteiger charge is 2.24. The van der Waals surface area contributed by atoms with Gasteiger partial charge in [0.05, 0.1) is 10.9 Å². The minimum absolute atomic E-state index is 0.0722. The molecule has 3 aromatic rings. The van der Waals surface area contributed by atoms with E-state index in [1.54, 1.807) is 13.0 Å². The summed E-state index contributed by atoms with van der Waals surface area (Å²) in [5, 5.41) is 9.39. The van der Waals surface area contributed by atoms with E-state index >= 15 is 0 Å². The fourth-order valence-electron chi connectivity index (χ4n) is 2.36. The van der Waals surface area contributed by atoms with Crippen LogP contribution in [-0.4, -0.2) is 11.1 Å². The van der Waals surface area contributed by atoms with Gasteiger partial charge in [-0.15, -0.1) is 0 Å². The highest BCUT2D eigenvalue weighted by Crippen LogP contribution is 2.29. The van der Waals surface area contributed by atoms with Crippen molar-refractivity contribution in [1.82, 2.24) is 0 Å². The van der Waals surface area contributed by atoms with Crippen LogP contribution >= 0.6 is 0 Å². The highest BCUT2D eigenvalue weighted by molar-refractivity contribution is 5.98. The first kappa shape index (κ1) is 14.9. The van der Waals surface area contributed by atoms with Crippen molar-refractivity contribution in [2.45, 2.75) is 6.92 Å². The molecule has 4 nitrogen and oxygen atoms in total. The summed E-state index contributed by atoms with van der Waals surface area (Å²) in [6.07, 6.45) is 0. The van der Waals surface area contributed by atoms with Crippen LogP contribution in [0.2, 0.25) is 0 Å². The molecule has 3 rings (SSSR count). The number of aromatic carboxylic acids is 1. The molecule has 0 bridgehead atoms. The number of aryl methyl sites for hydroxylation is 1. The Morgan fingerprint density at radius 3 is 2.57 bits per heavy atom. The van der Waals surface area contributed by atoms with Crippen molar-refractivity contribution < 1.29 is 23.1 Å². The van der Waals surface area contributed by atoms with E-state index in [9.17, 15) is 23.5 Å². The Morgan fingerprint density at radius 1 is 1.13 bits per heavy atom. The molecule has 0 spiro atoms. The molecule has 2 aromatic carbocycles. The van der Waals surface area contributed by atoms with Crippen LogP contribution in [0.5, 0.6) is 0 Å². The summed E-state index contributed by atoms with van der Waals surface area (Å²) in [6.45, 7) is 1.74. The molecule has 0 saturated heterocycles.